The quantitative estimate of drug-likeness (QED) is 0.733. The Morgan fingerprint density at radius 3 is 2.93 bits per heavy atom. The van der Waals surface area contributed by atoms with Gasteiger partial charge in [0.2, 0.25) is 5.91 Å². The molecule has 5 nitrogen and oxygen atoms in total. The van der Waals surface area contributed by atoms with Crippen LogP contribution in [0.25, 0.3) is 0 Å². The lowest BCUT2D eigenvalue weighted by atomic mass is 10.1. The fourth-order valence-corrected chi connectivity index (χ4v) is 3.94. The van der Waals surface area contributed by atoms with Crippen molar-refractivity contribution < 1.29 is 14.3 Å². The molecule has 1 aromatic heterocycles. The molecule has 2 aromatic rings. The monoisotopic (exact) mass is 386 g/mol. The van der Waals surface area contributed by atoms with Gasteiger partial charge >= 0.3 is 0 Å². The van der Waals surface area contributed by atoms with Gasteiger partial charge in [0.05, 0.1) is 19.3 Å². The summed E-state index contributed by atoms with van der Waals surface area (Å²) in [7, 11) is 0. The number of hydrogen-bond acceptors (Lipinski definition) is 4. The topological polar surface area (TPSA) is 58.6 Å². The molecule has 1 saturated heterocycles. The van der Waals surface area contributed by atoms with E-state index in [1.54, 1.807) is 23.5 Å². The summed E-state index contributed by atoms with van der Waals surface area (Å²) in [5.74, 6) is -0.0247. The van der Waals surface area contributed by atoms with E-state index in [4.69, 9.17) is 4.74 Å². The van der Waals surface area contributed by atoms with Gasteiger partial charge in [-0.2, -0.15) is 0 Å². The Morgan fingerprint density at radius 2 is 2.15 bits per heavy atom. The number of morpholine rings is 1. The van der Waals surface area contributed by atoms with Crippen LogP contribution in [0.5, 0.6) is 0 Å². The Labute approximate surface area is 164 Å². The first-order valence-electron chi connectivity index (χ1n) is 9.44. The molecule has 1 N–H and O–H groups in total. The molecular formula is C21H26N2O3S. The summed E-state index contributed by atoms with van der Waals surface area (Å²) in [6.07, 6.45) is 3.37. The van der Waals surface area contributed by atoms with Crippen molar-refractivity contribution in [1.29, 1.82) is 0 Å². The van der Waals surface area contributed by atoms with Gasteiger partial charge in [-0.3, -0.25) is 9.59 Å². The second-order valence-corrected chi connectivity index (χ2v) is 7.87. The van der Waals surface area contributed by atoms with Gasteiger partial charge in [-0.05, 0) is 55.8 Å². The number of hydrogen-bond donors (Lipinski definition) is 1. The molecular weight excluding hydrogens is 360 g/mol. The third-order valence-corrected chi connectivity index (χ3v) is 5.62. The molecule has 27 heavy (non-hydrogen) atoms. The number of carbonyl (C=O) groups excluding carboxylic acids is 2. The maximum atomic E-state index is 12.7. The number of nitrogens with zero attached hydrogens (tertiary/aromatic N) is 1. The number of aryl methyl sites for hydroxylation is 1. The van der Waals surface area contributed by atoms with Crippen LogP contribution in [0, 0.1) is 0 Å². The normalized spacial score (nSPS) is 16.9. The molecule has 1 aliphatic heterocycles. The van der Waals surface area contributed by atoms with E-state index >= 15 is 0 Å². The first-order valence-corrected chi connectivity index (χ1v) is 10.3. The maximum absolute atomic E-state index is 12.7. The lowest BCUT2D eigenvalue weighted by molar-refractivity contribution is -0.116. The molecule has 1 aliphatic rings. The Morgan fingerprint density at radius 1 is 1.26 bits per heavy atom. The SMILES string of the molecule is CC1COCCN1C(=O)c1cccc(NC(=O)CCCCc2cccs2)c1. The summed E-state index contributed by atoms with van der Waals surface area (Å²) in [5, 5.41) is 4.99. The van der Waals surface area contributed by atoms with Crippen LogP contribution >= 0.6 is 11.3 Å². The molecule has 2 amide bonds. The molecule has 2 heterocycles. The van der Waals surface area contributed by atoms with Crippen molar-refractivity contribution in [2.75, 3.05) is 25.1 Å². The van der Waals surface area contributed by atoms with E-state index in [9.17, 15) is 9.59 Å². The fourth-order valence-electron chi connectivity index (χ4n) is 3.19. The van der Waals surface area contributed by atoms with Crippen LogP contribution in [0.3, 0.4) is 0 Å². The van der Waals surface area contributed by atoms with Crippen molar-refractivity contribution in [2.45, 2.75) is 38.6 Å². The largest absolute Gasteiger partial charge is 0.377 e. The van der Waals surface area contributed by atoms with E-state index in [0.717, 1.165) is 19.3 Å². The molecule has 0 spiro atoms. The number of unbranched alkanes of at least 4 members (excludes halogenated alkanes) is 1. The van der Waals surface area contributed by atoms with E-state index in [1.165, 1.54) is 4.88 Å². The highest BCUT2D eigenvalue weighted by atomic mass is 32.1. The third kappa shape index (κ3) is 5.65. The molecule has 0 radical (unpaired) electrons. The van der Waals surface area contributed by atoms with E-state index in [0.29, 0.717) is 37.4 Å². The van der Waals surface area contributed by atoms with Crippen molar-refractivity contribution in [1.82, 2.24) is 4.90 Å². The number of nitrogens with one attached hydrogen (secondary N) is 1. The third-order valence-electron chi connectivity index (χ3n) is 4.68. The van der Waals surface area contributed by atoms with Gasteiger partial charge in [0.1, 0.15) is 0 Å². The number of ether oxygens (including phenoxy) is 1. The van der Waals surface area contributed by atoms with Crippen LogP contribution in [-0.2, 0) is 16.0 Å². The first-order chi connectivity index (χ1) is 13.1. The minimum atomic E-state index is -0.0159. The van der Waals surface area contributed by atoms with E-state index in [2.05, 4.69) is 22.8 Å². The van der Waals surface area contributed by atoms with E-state index in [-0.39, 0.29) is 17.9 Å². The summed E-state index contributed by atoms with van der Waals surface area (Å²) >= 11 is 1.76. The van der Waals surface area contributed by atoms with E-state index in [1.807, 2.05) is 24.0 Å². The van der Waals surface area contributed by atoms with Gasteiger partial charge in [-0.15, -0.1) is 11.3 Å². The van der Waals surface area contributed by atoms with Crippen molar-refractivity contribution in [3.63, 3.8) is 0 Å². The highest BCUT2D eigenvalue weighted by Gasteiger charge is 2.24. The van der Waals surface area contributed by atoms with Crippen LogP contribution in [0.2, 0.25) is 0 Å². The van der Waals surface area contributed by atoms with Gasteiger partial charge in [0, 0.05) is 29.1 Å². The van der Waals surface area contributed by atoms with Crippen molar-refractivity contribution in [2.24, 2.45) is 0 Å². The summed E-state index contributed by atoms with van der Waals surface area (Å²) in [4.78, 5) is 28.1. The summed E-state index contributed by atoms with van der Waals surface area (Å²) in [6.45, 7) is 3.71. The second kappa shape index (κ2) is 9.67. The van der Waals surface area contributed by atoms with Crippen molar-refractivity contribution in [3.8, 4) is 0 Å². The highest BCUT2D eigenvalue weighted by molar-refractivity contribution is 7.09. The minimum Gasteiger partial charge on any atom is -0.377 e. The Hall–Kier alpha value is -2.18. The first kappa shape index (κ1) is 19.6. The minimum absolute atomic E-state index is 0.00878. The van der Waals surface area contributed by atoms with Gasteiger partial charge in [0.15, 0.2) is 0 Å². The average molecular weight is 387 g/mol. The summed E-state index contributed by atoms with van der Waals surface area (Å²) in [6, 6.07) is 11.4. The highest BCUT2D eigenvalue weighted by Crippen LogP contribution is 2.17. The zero-order valence-corrected chi connectivity index (χ0v) is 16.5. The molecule has 1 fully saturated rings. The lowest BCUT2D eigenvalue weighted by Gasteiger charge is -2.33. The van der Waals surface area contributed by atoms with Crippen LogP contribution in [0.1, 0.15) is 41.4 Å². The van der Waals surface area contributed by atoms with Crippen LogP contribution in [0.15, 0.2) is 41.8 Å². The molecule has 1 unspecified atom stereocenters. The molecule has 0 saturated carbocycles. The van der Waals surface area contributed by atoms with Gasteiger partial charge in [-0.25, -0.2) is 0 Å². The molecule has 0 bridgehead atoms. The number of amides is 2. The van der Waals surface area contributed by atoms with Gasteiger partial charge in [-0.1, -0.05) is 12.1 Å². The number of rotatable bonds is 7. The number of benzene rings is 1. The average Bonchev–Trinajstić information content (AvgIpc) is 3.19. The predicted molar refractivity (Wildman–Crippen MR) is 108 cm³/mol. The zero-order valence-electron chi connectivity index (χ0n) is 15.6. The van der Waals surface area contributed by atoms with Crippen LogP contribution in [0.4, 0.5) is 5.69 Å². The smallest absolute Gasteiger partial charge is 0.254 e. The van der Waals surface area contributed by atoms with Crippen molar-refractivity contribution >= 4 is 28.8 Å². The standard InChI is InChI=1S/C21H26N2O3S/c1-16-15-26-12-11-23(16)21(25)17-6-4-7-18(14-17)22-20(24)10-3-2-8-19-9-5-13-27-19/h4-7,9,13-14,16H,2-3,8,10-12,15H2,1H3,(H,22,24). The maximum Gasteiger partial charge on any atom is 0.254 e. The van der Waals surface area contributed by atoms with Crippen molar-refractivity contribution in [3.05, 3.63) is 52.2 Å². The number of thiophene rings is 1. The molecule has 144 valence electrons. The Balaban J connectivity index is 1.49. The molecule has 1 atom stereocenters. The number of carbonyl (C=O) groups is 2. The van der Waals surface area contributed by atoms with Crippen LogP contribution in [-0.4, -0.2) is 42.5 Å². The lowest BCUT2D eigenvalue weighted by Crippen LogP contribution is -2.47. The Bertz CT molecular complexity index is 761. The number of anilines is 1. The Kier molecular flexibility index (Phi) is 7.01. The predicted octanol–water partition coefficient (Wildman–Crippen LogP) is 3.96. The van der Waals surface area contributed by atoms with Gasteiger partial charge < -0.3 is 15.0 Å². The van der Waals surface area contributed by atoms with Crippen LogP contribution < -0.4 is 5.32 Å². The van der Waals surface area contributed by atoms with Gasteiger partial charge in [0.25, 0.3) is 5.91 Å². The molecule has 6 heteroatoms. The second-order valence-electron chi connectivity index (χ2n) is 6.84. The fraction of sp³-hybridized carbons (Fsp3) is 0.429. The summed E-state index contributed by atoms with van der Waals surface area (Å²) in [5.41, 5.74) is 1.27. The molecule has 0 aliphatic carbocycles. The zero-order chi connectivity index (χ0) is 19.1. The summed E-state index contributed by atoms with van der Waals surface area (Å²) < 4.78 is 5.39. The molecule has 1 aromatic carbocycles. The van der Waals surface area contributed by atoms with E-state index < -0.39 is 0 Å². The molecule has 3 rings (SSSR count).